The predicted octanol–water partition coefficient (Wildman–Crippen LogP) is 2.75. The minimum atomic E-state index is -3.86. The van der Waals surface area contributed by atoms with E-state index in [9.17, 15) is 13.2 Å². The van der Waals surface area contributed by atoms with Gasteiger partial charge >= 0.3 is 5.97 Å². The molecule has 24 heavy (non-hydrogen) atoms. The zero-order valence-corrected chi connectivity index (χ0v) is 15.4. The molecule has 0 radical (unpaired) electrons. The second kappa shape index (κ2) is 7.84. The molecule has 0 aromatic heterocycles. The maximum absolute atomic E-state index is 12.7. The molecule has 0 N–H and O–H groups in total. The summed E-state index contributed by atoms with van der Waals surface area (Å²) in [6.45, 7) is 6.39. The molecule has 1 fully saturated rings. The summed E-state index contributed by atoms with van der Waals surface area (Å²) in [5, 5.41) is -0.0319. The molecule has 0 unspecified atom stereocenters. The molecule has 2 rings (SSSR count). The molecular weight excluding hydrogens is 377 g/mol. The number of hydrogen-bond donors (Lipinski definition) is 0. The van der Waals surface area contributed by atoms with Gasteiger partial charge in [0, 0.05) is 13.1 Å². The van der Waals surface area contributed by atoms with Crippen LogP contribution in [0.15, 0.2) is 29.2 Å². The van der Waals surface area contributed by atoms with Crippen molar-refractivity contribution in [3.8, 4) is 0 Å². The number of ether oxygens (including phenoxy) is 2. The van der Waals surface area contributed by atoms with E-state index in [-0.39, 0.29) is 40.2 Å². The maximum Gasteiger partial charge on any atom is 0.340 e. The standard InChI is InChI=1S/C15H17Cl2NO5S/c1-10(2)9-23-15(19)11-7-14(13(17)8-12(11)16)24(20,21)18-3-5-22-6-4-18/h7-8H,1,3-6,9H2,2H3. The van der Waals surface area contributed by atoms with Gasteiger partial charge in [0.2, 0.25) is 10.0 Å². The Hall–Kier alpha value is -1.12. The Kier molecular flexibility index (Phi) is 6.28. The van der Waals surface area contributed by atoms with Crippen LogP contribution in [-0.2, 0) is 19.5 Å². The number of rotatable bonds is 5. The number of morpholine rings is 1. The van der Waals surface area contributed by atoms with E-state index in [1.807, 2.05) is 0 Å². The smallest absolute Gasteiger partial charge is 0.340 e. The molecular formula is C15H17Cl2NO5S. The Morgan fingerprint density at radius 1 is 1.29 bits per heavy atom. The van der Waals surface area contributed by atoms with Crippen LogP contribution in [0, 0.1) is 0 Å². The van der Waals surface area contributed by atoms with E-state index in [0.29, 0.717) is 18.8 Å². The lowest BCUT2D eigenvalue weighted by atomic mass is 10.2. The average molecular weight is 394 g/mol. The summed E-state index contributed by atoms with van der Waals surface area (Å²) in [5.74, 6) is -0.738. The van der Waals surface area contributed by atoms with Crippen LogP contribution in [-0.4, -0.2) is 51.6 Å². The van der Waals surface area contributed by atoms with E-state index in [1.165, 1.54) is 10.4 Å². The van der Waals surface area contributed by atoms with Gasteiger partial charge in [-0.1, -0.05) is 29.8 Å². The Balaban J connectivity index is 2.38. The van der Waals surface area contributed by atoms with Crippen LogP contribution >= 0.6 is 23.2 Å². The third-order valence-corrected chi connectivity index (χ3v) is 5.96. The zero-order valence-electron chi connectivity index (χ0n) is 13.0. The Morgan fingerprint density at radius 2 is 1.92 bits per heavy atom. The molecule has 0 aliphatic carbocycles. The van der Waals surface area contributed by atoms with E-state index >= 15 is 0 Å². The summed E-state index contributed by atoms with van der Waals surface area (Å²) in [4.78, 5) is 11.9. The number of esters is 1. The second-order valence-corrected chi connectivity index (χ2v) is 8.03. The lowest BCUT2D eigenvalue weighted by molar-refractivity contribution is 0.0540. The van der Waals surface area contributed by atoms with Gasteiger partial charge in [-0.05, 0) is 24.6 Å². The van der Waals surface area contributed by atoms with Crippen LogP contribution in [0.25, 0.3) is 0 Å². The lowest BCUT2D eigenvalue weighted by Gasteiger charge is -2.26. The normalized spacial score (nSPS) is 16.0. The van der Waals surface area contributed by atoms with Crippen LogP contribution < -0.4 is 0 Å². The van der Waals surface area contributed by atoms with Crippen LogP contribution in [0.2, 0.25) is 10.0 Å². The van der Waals surface area contributed by atoms with Crippen molar-refractivity contribution in [2.24, 2.45) is 0 Å². The highest BCUT2D eigenvalue weighted by atomic mass is 35.5. The third kappa shape index (κ3) is 4.29. The summed E-state index contributed by atoms with van der Waals surface area (Å²) in [5.41, 5.74) is 0.587. The number of halogens is 2. The van der Waals surface area contributed by atoms with Gasteiger partial charge < -0.3 is 9.47 Å². The Labute approximate surface area is 151 Å². The fourth-order valence-electron chi connectivity index (χ4n) is 2.08. The van der Waals surface area contributed by atoms with Gasteiger partial charge in [-0.2, -0.15) is 4.31 Å². The first-order valence-electron chi connectivity index (χ1n) is 7.12. The number of hydrogen-bond acceptors (Lipinski definition) is 5. The molecule has 1 aromatic rings. The topological polar surface area (TPSA) is 72.9 Å². The number of sulfonamides is 1. The van der Waals surface area contributed by atoms with Gasteiger partial charge in [-0.3, -0.25) is 0 Å². The summed E-state index contributed by atoms with van der Waals surface area (Å²) in [7, 11) is -3.86. The van der Waals surface area contributed by atoms with Crippen molar-refractivity contribution < 1.29 is 22.7 Å². The SMILES string of the molecule is C=C(C)COC(=O)c1cc(S(=O)(=O)N2CCOCC2)c(Cl)cc1Cl. The van der Waals surface area contributed by atoms with E-state index in [2.05, 4.69) is 6.58 Å². The molecule has 6 nitrogen and oxygen atoms in total. The van der Waals surface area contributed by atoms with Gasteiger partial charge in [0.1, 0.15) is 11.5 Å². The van der Waals surface area contributed by atoms with E-state index < -0.39 is 16.0 Å². The van der Waals surface area contributed by atoms with Crippen molar-refractivity contribution in [2.45, 2.75) is 11.8 Å². The van der Waals surface area contributed by atoms with E-state index in [4.69, 9.17) is 32.7 Å². The van der Waals surface area contributed by atoms with Crippen LogP contribution in [0.1, 0.15) is 17.3 Å². The molecule has 0 bridgehead atoms. The Morgan fingerprint density at radius 3 is 2.50 bits per heavy atom. The van der Waals surface area contributed by atoms with Crippen molar-refractivity contribution in [1.82, 2.24) is 4.31 Å². The van der Waals surface area contributed by atoms with Crippen LogP contribution in [0.4, 0.5) is 0 Å². The zero-order chi connectivity index (χ0) is 17.9. The quantitative estimate of drug-likeness (QED) is 0.567. The molecule has 1 heterocycles. The molecule has 9 heteroatoms. The largest absolute Gasteiger partial charge is 0.458 e. The molecule has 1 aromatic carbocycles. The average Bonchev–Trinajstić information content (AvgIpc) is 2.53. The molecule has 1 aliphatic heterocycles. The molecule has 1 saturated heterocycles. The Bertz CT molecular complexity index is 757. The van der Waals surface area contributed by atoms with Crippen molar-refractivity contribution in [1.29, 1.82) is 0 Å². The third-order valence-electron chi connectivity index (χ3n) is 3.28. The van der Waals surface area contributed by atoms with Gasteiger partial charge in [-0.25, -0.2) is 13.2 Å². The molecule has 132 valence electrons. The fourth-order valence-corrected chi connectivity index (χ4v) is 4.31. The first-order valence-corrected chi connectivity index (χ1v) is 9.31. The van der Waals surface area contributed by atoms with E-state index in [1.54, 1.807) is 6.92 Å². The number of carbonyl (C=O) groups excluding carboxylic acids is 1. The van der Waals surface area contributed by atoms with Crippen molar-refractivity contribution >= 4 is 39.2 Å². The highest BCUT2D eigenvalue weighted by molar-refractivity contribution is 7.89. The first-order chi connectivity index (χ1) is 11.2. The highest BCUT2D eigenvalue weighted by Crippen LogP contribution is 2.31. The predicted molar refractivity (Wildman–Crippen MR) is 91.1 cm³/mol. The van der Waals surface area contributed by atoms with Gasteiger partial charge in [0.05, 0.1) is 28.8 Å². The molecule has 0 atom stereocenters. The highest BCUT2D eigenvalue weighted by Gasteiger charge is 2.30. The van der Waals surface area contributed by atoms with Crippen molar-refractivity contribution in [3.05, 3.63) is 39.9 Å². The molecule has 1 aliphatic rings. The van der Waals surface area contributed by atoms with Crippen molar-refractivity contribution in [2.75, 3.05) is 32.9 Å². The number of nitrogens with zero attached hydrogens (tertiary/aromatic N) is 1. The monoisotopic (exact) mass is 393 g/mol. The number of benzene rings is 1. The van der Waals surface area contributed by atoms with Crippen LogP contribution in [0.5, 0.6) is 0 Å². The summed E-state index contributed by atoms with van der Waals surface area (Å²) in [6.07, 6.45) is 0. The van der Waals surface area contributed by atoms with Crippen LogP contribution in [0.3, 0.4) is 0 Å². The second-order valence-electron chi connectivity index (χ2n) is 5.31. The minimum Gasteiger partial charge on any atom is -0.458 e. The maximum atomic E-state index is 12.7. The summed E-state index contributed by atoms with van der Waals surface area (Å²) in [6, 6.07) is 2.38. The summed E-state index contributed by atoms with van der Waals surface area (Å²) < 4.78 is 36.9. The molecule has 0 saturated carbocycles. The summed E-state index contributed by atoms with van der Waals surface area (Å²) >= 11 is 12.1. The fraction of sp³-hybridized carbons (Fsp3) is 0.400. The molecule has 0 spiro atoms. The minimum absolute atomic E-state index is 0.0172. The lowest BCUT2D eigenvalue weighted by Crippen LogP contribution is -2.40. The molecule has 0 amide bonds. The number of carbonyl (C=O) groups is 1. The van der Waals surface area contributed by atoms with Gasteiger partial charge in [0.25, 0.3) is 0 Å². The first kappa shape index (κ1) is 19.2. The van der Waals surface area contributed by atoms with Gasteiger partial charge in [-0.15, -0.1) is 0 Å². The van der Waals surface area contributed by atoms with E-state index in [0.717, 1.165) is 6.07 Å². The van der Waals surface area contributed by atoms with Crippen molar-refractivity contribution in [3.63, 3.8) is 0 Å². The van der Waals surface area contributed by atoms with Gasteiger partial charge in [0.15, 0.2) is 0 Å².